The highest BCUT2D eigenvalue weighted by atomic mass is 16.5. The number of carbonyl (C=O) groups is 2. The second-order valence-corrected chi connectivity index (χ2v) is 6.48. The largest absolute Gasteiger partial charge is 0.496 e. The number of cyclic esters (lactones) is 1. The van der Waals surface area contributed by atoms with Crippen molar-refractivity contribution in [1.82, 2.24) is 4.98 Å². The number of aromatic nitrogens is 1. The summed E-state index contributed by atoms with van der Waals surface area (Å²) in [5.41, 5.74) is 4.07. The van der Waals surface area contributed by atoms with E-state index < -0.39 is 11.9 Å². The van der Waals surface area contributed by atoms with Crippen LogP contribution in [0.4, 0.5) is 0 Å². The monoisotopic (exact) mass is 339 g/mol. The number of ether oxygens (including phenoxy) is 2. The van der Waals surface area contributed by atoms with Crippen molar-refractivity contribution in [3.8, 4) is 5.75 Å². The molecule has 1 aliphatic rings. The van der Waals surface area contributed by atoms with E-state index in [2.05, 4.69) is 11.1 Å². The number of nitrogens with one attached hydrogen (secondary N) is 1. The predicted molar refractivity (Wildman–Crippen MR) is 95.7 cm³/mol. The van der Waals surface area contributed by atoms with Gasteiger partial charge < -0.3 is 14.5 Å². The van der Waals surface area contributed by atoms with Gasteiger partial charge in [-0.1, -0.05) is 11.6 Å². The maximum atomic E-state index is 12.8. The Kier molecular flexibility index (Phi) is 4.49. The summed E-state index contributed by atoms with van der Waals surface area (Å²) in [4.78, 5) is 27.8. The Hall–Kier alpha value is -2.82. The number of hydrogen-bond donors (Lipinski definition) is 1. The Morgan fingerprint density at radius 2 is 2.12 bits per heavy atom. The third kappa shape index (κ3) is 3.09. The molecule has 5 nitrogen and oxygen atoms in total. The maximum absolute atomic E-state index is 12.8. The zero-order valence-corrected chi connectivity index (χ0v) is 14.8. The highest BCUT2D eigenvalue weighted by Crippen LogP contribution is 2.31. The molecule has 130 valence electrons. The van der Waals surface area contributed by atoms with Crippen LogP contribution < -0.4 is 4.74 Å². The summed E-state index contributed by atoms with van der Waals surface area (Å²) in [5.74, 6) is -0.901. The van der Waals surface area contributed by atoms with Crippen LogP contribution in [-0.2, 0) is 16.0 Å². The Labute approximate surface area is 146 Å². The lowest BCUT2D eigenvalue weighted by Crippen LogP contribution is -2.22. The van der Waals surface area contributed by atoms with E-state index in [0.717, 1.165) is 22.2 Å². The minimum Gasteiger partial charge on any atom is -0.496 e. The SMILES string of the molecule is COc1ccc2cc(C(=O)C3C(=O)OC=C3C)[nH]c2c1CC=C(C)C. The minimum atomic E-state index is -0.865. The Bertz CT molecular complexity index is 913. The molecule has 3 rings (SSSR count). The molecule has 25 heavy (non-hydrogen) atoms. The first-order valence-electron chi connectivity index (χ1n) is 8.15. The van der Waals surface area contributed by atoms with E-state index >= 15 is 0 Å². The predicted octanol–water partition coefficient (Wildman–Crippen LogP) is 3.94. The summed E-state index contributed by atoms with van der Waals surface area (Å²) >= 11 is 0. The Balaban J connectivity index is 2.06. The van der Waals surface area contributed by atoms with Gasteiger partial charge in [-0.15, -0.1) is 0 Å². The van der Waals surface area contributed by atoms with Crippen molar-refractivity contribution >= 4 is 22.7 Å². The number of ketones is 1. The molecular weight excluding hydrogens is 318 g/mol. The quantitative estimate of drug-likeness (QED) is 0.388. The number of H-pyrrole nitrogens is 1. The number of hydrogen-bond acceptors (Lipinski definition) is 4. The molecule has 0 saturated heterocycles. The molecule has 1 aromatic carbocycles. The highest BCUT2D eigenvalue weighted by Gasteiger charge is 2.35. The number of rotatable bonds is 5. The standard InChI is InChI=1S/C20H21NO4/c1-11(2)5-7-14-16(24-4)8-6-13-9-15(21-18(13)14)19(22)17-12(3)10-25-20(17)23/h5-6,8-10,17,21H,7H2,1-4H3. The normalized spacial score (nSPS) is 16.6. The lowest BCUT2D eigenvalue weighted by molar-refractivity contribution is -0.137. The molecule has 0 fully saturated rings. The van der Waals surface area contributed by atoms with Crippen molar-refractivity contribution in [3.05, 3.63) is 52.9 Å². The van der Waals surface area contributed by atoms with Gasteiger partial charge in [0.05, 0.1) is 24.6 Å². The van der Waals surface area contributed by atoms with Crippen LogP contribution in [0.25, 0.3) is 10.9 Å². The molecule has 5 heteroatoms. The summed E-state index contributed by atoms with van der Waals surface area (Å²) in [6.07, 6.45) is 4.15. The van der Waals surface area contributed by atoms with E-state index in [1.807, 2.05) is 26.0 Å². The third-order valence-electron chi connectivity index (χ3n) is 4.38. The molecule has 0 radical (unpaired) electrons. The topological polar surface area (TPSA) is 68.4 Å². The van der Waals surface area contributed by atoms with Crippen molar-refractivity contribution in [3.63, 3.8) is 0 Å². The molecule has 1 aliphatic heterocycles. The van der Waals surface area contributed by atoms with Crippen LogP contribution in [0.3, 0.4) is 0 Å². The lowest BCUT2D eigenvalue weighted by Gasteiger charge is -2.08. The van der Waals surface area contributed by atoms with Crippen molar-refractivity contribution in [2.75, 3.05) is 7.11 Å². The van der Waals surface area contributed by atoms with Crippen molar-refractivity contribution < 1.29 is 19.1 Å². The van der Waals surface area contributed by atoms with Crippen LogP contribution in [-0.4, -0.2) is 23.8 Å². The van der Waals surface area contributed by atoms with Gasteiger partial charge in [-0.3, -0.25) is 9.59 Å². The van der Waals surface area contributed by atoms with Gasteiger partial charge >= 0.3 is 5.97 Å². The molecule has 1 unspecified atom stereocenters. The van der Waals surface area contributed by atoms with Gasteiger partial charge in [0.15, 0.2) is 5.78 Å². The molecule has 0 amide bonds. The van der Waals surface area contributed by atoms with Gasteiger partial charge in [-0.05, 0) is 51.0 Å². The number of allylic oxidation sites excluding steroid dienone is 2. The molecule has 0 aliphatic carbocycles. The third-order valence-corrected chi connectivity index (χ3v) is 4.38. The smallest absolute Gasteiger partial charge is 0.326 e. The van der Waals surface area contributed by atoms with Crippen LogP contribution >= 0.6 is 0 Å². The first-order chi connectivity index (χ1) is 11.9. The number of esters is 1. The average molecular weight is 339 g/mol. The Morgan fingerprint density at radius 3 is 2.72 bits per heavy atom. The molecule has 2 heterocycles. The molecule has 0 saturated carbocycles. The highest BCUT2D eigenvalue weighted by molar-refractivity contribution is 6.12. The number of fused-ring (bicyclic) bond motifs is 1. The van der Waals surface area contributed by atoms with Crippen LogP contribution in [0.5, 0.6) is 5.75 Å². The van der Waals surface area contributed by atoms with E-state index in [1.165, 1.54) is 11.8 Å². The number of methoxy groups -OCH3 is 1. The molecule has 1 N–H and O–H groups in total. The fraction of sp³-hybridized carbons (Fsp3) is 0.300. The van der Waals surface area contributed by atoms with E-state index in [0.29, 0.717) is 17.7 Å². The van der Waals surface area contributed by atoms with Gasteiger partial charge in [0.25, 0.3) is 0 Å². The lowest BCUT2D eigenvalue weighted by atomic mass is 9.96. The number of benzene rings is 1. The molecule has 1 atom stereocenters. The zero-order chi connectivity index (χ0) is 18.1. The summed E-state index contributed by atoms with van der Waals surface area (Å²) < 4.78 is 10.3. The van der Waals surface area contributed by atoms with E-state index in [9.17, 15) is 9.59 Å². The number of carbonyl (C=O) groups excluding carboxylic acids is 2. The summed E-state index contributed by atoms with van der Waals surface area (Å²) in [6.45, 7) is 5.80. The van der Waals surface area contributed by atoms with Gasteiger partial charge in [0, 0.05) is 10.9 Å². The summed E-state index contributed by atoms with van der Waals surface area (Å²) in [7, 11) is 1.63. The zero-order valence-electron chi connectivity index (χ0n) is 14.8. The first kappa shape index (κ1) is 17.0. The number of Topliss-reactive ketones (excluding diaryl/α,β-unsaturated/α-hetero) is 1. The number of aromatic amines is 1. The summed E-state index contributed by atoms with van der Waals surface area (Å²) in [6, 6.07) is 5.58. The second kappa shape index (κ2) is 6.59. The maximum Gasteiger partial charge on any atom is 0.326 e. The fourth-order valence-electron chi connectivity index (χ4n) is 3.02. The fourth-order valence-corrected chi connectivity index (χ4v) is 3.02. The van der Waals surface area contributed by atoms with Crippen molar-refractivity contribution in [2.24, 2.45) is 5.92 Å². The molecule has 2 aromatic rings. The summed E-state index contributed by atoms with van der Waals surface area (Å²) in [5, 5.41) is 0.911. The van der Waals surface area contributed by atoms with Gasteiger partial charge in [-0.25, -0.2) is 0 Å². The van der Waals surface area contributed by atoms with Gasteiger partial charge in [0.1, 0.15) is 11.7 Å². The minimum absolute atomic E-state index is 0.278. The van der Waals surface area contributed by atoms with Crippen LogP contribution in [0.15, 0.2) is 41.7 Å². The van der Waals surface area contributed by atoms with Crippen molar-refractivity contribution in [2.45, 2.75) is 27.2 Å². The van der Waals surface area contributed by atoms with Gasteiger partial charge in [-0.2, -0.15) is 0 Å². The second-order valence-electron chi connectivity index (χ2n) is 6.48. The molecule has 0 bridgehead atoms. The van der Waals surface area contributed by atoms with Gasteiger partial charge in [0.2, 0.25) is 0 Å². The molecule has 0 spiro atoms. The average Bonchev–Trinajstić information content (AvgIpc) is 3.15. The van der Waals surface area contributed by atoms with E-state index in [-0.39, 0.29) is 5.78 Å². The van der Waals surface area contributed by atoms with Crippen LogP contribution in [0.2, 0.25) is 0 Å². The molecular formula is C20H21NO4. The first-order valence-corrected chi connectivity index (χ1v) is 8.15. The molecule has 1 aromatic heterocycles. The van der Waals surface area contributed by atoms with E-state index in [1.54, 1.807) is 20.1 Å². The van der Waals surface area contributed by atoms with Crippen LogP contribution in [0.1, 0.15) is 36.8 Å². The Morgan fingerprint density at radius 1 is 1.36 bits per heavy atom. The van der Waals surface area contributed by atoms with Crippen LogP contribution in [0, 0.1) is 5.92 Å². The van der Waals surface area contributed by atoms with E-state index in [4.69, 9.17) is 9.47 Å². The van der Waals surface area contributed by atoms with Crippen molar-refractivity contribution in [1.29, 1.82) is 0 Å².